The third kappa shape index (κ3) is 12.8. The number of unbranched alkanes of at least 4 members (excludes halogenated alkanes) is 1. The highest BCUT2D eigenvalue weighted by Gasteiger charge is 2.28. The van der Waals surface area contributed by atoms with Gasteiger partial charge in [0.25, 0.3) is 5.91 Å². The minimum absolute atomic E-state index is 0.116. The largest absolute Gasteiger partial charge is 0.490 e. The molecule has 1 aliphatic heterocycles. The number of aliphatic hydroxyl groups excluding tert-OH is 1. The van der Waals surface area contributed by atoms with Crippen LogP contribution < -0.4 is 30.7 Å². The topological polar surface area (TPSA) is 202 Å². The average molecular weight is 673 g/mol. The number of nitrogens with one attached hydrogen (secondary N) is 4. The molecule has 1 saturated heterocycles. The summed E-state index contributed by atoms with van der Waals surface area (Å²) >= 11 is 0. The lowest BCUT2D eigenvalue weighted by Crippen LogP contribution is -2.46. The number of ether oxygens (including phenoxy) is 3. The Morgan fingerprint density at radius 2 is 1.67 bits per heavy atom. The fourth-order valence-electron chi connectivity index (χ4n) is 5.09. The highest BCUT2D eigenvalue weighted by atomic mass is 16.6. The van der Waals surface area contributed by atoms with Crippen LogP contribution in [0.5, 0.6) is 11.5 Å². The van der Waals surface area contributed by atoms with E-state index in [4.69, 9.17) is 14.2 Å². The van der Waals surface area contributed by atoms with Gasteiger partial charge < -0.3 is 40.4 Å². The Labute approximate surface area is 280 Å². The molecule has 1 aliphatic rings. The van der Waals surface area contributed by atoms with Gasteiger partial charge in [-0.3, -0.25) is 24.5 Å². The molecule has 48 heavy (non-hydrogen) atoms. The van der Waals surface area contributed by atoms with Crippen LogP contribution in [0.3, 0.4) is 0 Å². The molecule has 0 unspecified atom stereocenters. The maximum Gasteiger partial charge on any atom is 0.330 e. The third-order valence-corrected chi connectivity index (χ3v) is 7.75. The first-order chi connectivity index (χ1) is 22.9. The Morgan fingerprint density at radius 3 is 2.29 bits per heavy atom. The van der Waals surface area contributed by atoms with Crippen molar-refractivity contribution in [3.8, 4) is 11.5 Å². The summed E-state index contributed by atoms with van der Waals surface area (Å²) in [7, 11) is 0. The molecule has 0 radical (unpaired) electrons. The molecule has 0 spiro atoms. The van der Waals surface area contributed by atoms with Crippen LogP contribution in [0.1, 0.15) is 59.3 Å². The maximum absolute atomic E-state index is 12.5. The van der Waals surface area contributed by atoms with Crippen LogP contribution in [-0.2, 0) is 28.7 Å². The summed E-state index contributed by atoms with van der Waals surface area (Å²) < 4.78 is 16.4. The minimum Gasteiger partial charge on any atom is -0.490 e. The predicted molar refractivity (Wildman–Crippen MR) is 177 cm³/mol. The lowest BCUT2D eigenvalue weighted by atomic mass is 10.1. The highest BCUT2D eigenvalue weighted by Crippen LogP contribution is 2.32. The van der Waals surface area contributed by atoms with Gasteiger partial charge in [-0.25, -0.2) is 4.79 Å². The predicted octanol–water partition coefficient (Wildman–Crippen LogP) is 1.46. The number of Topliss-reactive ketones (excluding diaryl/α,β-unsaturated/α-hetero) is 1. The molecule has 4 atom stereocenters. The van der Waals surface area contributed by atoms with Gasteiger partial charge >= 0.3 is 17.9 Å². The summed E-state index contributed by atoms with van der Waals surface area (Å²) in [5, 5.41) is 32.9. The maximum atomic E-state index is 12.5. The number of ketones is 1. The summed E-state index contributed by atoms with van der Waals surface area (Å²) in [6.07, 6.45) is 1.12. The molecule has 1 fully saturated rings. The zero-order valence-corrected chi connectivity index (χ0v) is 27.8. The molecule has 6 N–H and O–H groups in total. The third-order valence-electron chi connectivity index (χ3n) is 7.75. The van der Waals surface area contributed by atoms with Gasteiger partial charge in [0.15, 0.2) is 12.4 Å². The lowest BCUT2D eigenvalue weighted by molar-refractivity contribution is -0.161. The van der Waals surface area contributed by atoms with E-state index in [1.165, 1.54) is 6.92 Å². The SMILES string of the molecule is CC(C)NC[C@@H](O)COc1cccc2c(OCC(=O)NCCCC[C@H](N[C@@H](C)C(=O)CC(=O)OC(=O)[C@@H]3CCCN3)C(=O)O)cccc12. The van der Waals surface area contributed by atoms with E-state index >= 15 is 0 Å². The molecular formula is C34H48N4O10. The van der Waals surface area contributed by atoms with Gasteiger partial charge in [0, 0.05) is 29.9 Å². The molecule has 0 aliphatic carbocycles. The van der Waals surface area contributed by atoms with Gasteiger partial charge in [-0.05, 0) is 57.7 Å². The number of hydrogen-bond acceptors (Lipinski definition) is 12. The van der Waals surface area contributed by atoms with E-state index in [1.54, 1.807) is 18.2 Å². The van der Waals surface area contributed by atoms with E-state index in [-0.39, 0.29) is 31.6 Å². The van der Waals surface area contributed by atoms with E-state index in [0.717, 1.165) is 17.2 Å². The average Bonchev–Trinajstić information content (AvgIpc) is 3.60. The van der Waals surface area contributed by atoms with Crippen molar-refractivity contribution in [3.05, 3.63) is 36.4 Å². The molecule has 14 heteroatoms. The number of benzene rings is 2. The number of fused-ring (bicyclic) bond motifs is 1. The number of esters is 2. The Kier molecular flexibility index (Phi) is 15.7. The molecule has 1 amide bonds. The van der Waals surface area contributed by atoms with Gasteiger partial charge in [0.2, 0.25) is 0 Å². The van der Waals surface area contributed by atoms with Crippen molar-refractivity contribution >= 4 is 40.4 Å². The molecule has 0 bridgehead atoms. The first-order valence-electron chi connectivity index (χ1n) is 16.4. The van der Waals surface area contributed by atoms with Crippen molar-refractivity contribution in [2.75, 3.05) is 32.8 Å². The van der Waals surface area contributed by atoms with Crippen molar-refractivity contribution in [2.45, 2.75) is 89.6 Å². The van der Waals surface area contributed by atoms with Crippen molar-refractivity contribution in [2.24, 2.45) is 0 Å². The van der Waals surface area contributed by atoms with Gasteiger partial charge in [0.1, 0.15) is 42.7 Å². The van der Waals surface area contributed by atoms with Crippen LogP contribution >= 0.6 is 0 Å². The smallest absolute Gasteiger partial charge is 0.330 e. The van der Waals surface area contributed by atoms with Crippen LogP contribution in [-0.4, -0.2) is 103 Å². The second-order valence-electron chi connectivity index (χ2n) is 12.1. The Morgan fingerprint density at radius 1 is 0.979 bits per heavy atom. The zero-order chi connectivity index (χ0) is 35.1. The van der Waals surface area contributed by atoms with Crippen molar-refractivity contribution in [3.63, 3.8) is 0 Å². The fraction of sp³-hybridized carbons (Fsp3) is 0.559. The second kappa shape index (κ2) is 19.6. The zero-order valence-electron chi connectivity index (χ0n) is 27.8. The molecule has 2 aromatic carbocycles. The van der Waals surface area contributed by atoms with E-state index < -0.39 is 54.3 Å². The number of hydrogen-bond donors (Lipinski definition) is 6. The van der Waals surface area contributed by atoms with Crippen molar-refractivity contribution in [1.29, 1.82) is 0 Å². The number of rotatable bonds is 21. The molecule has 264 valence electrons. The minimum atomic E-state index is -1.15. The van der Waals surface area contributed by atoms with Crippen LogP contribution in [0.4, 0.5) is 0 Å². The van der Waals surface area contributed by atoms with Gasteiger partial charge in [-0.2, -0.15) is 0 Å². The quantitative estimate of drug-likeness (QED) is 0.0633. The summed E-state index contributed by atoms with van der Waals surface area (Å²) in [5.41, 5.74) is 0. The number of carbonyl (C=O) groups excluding carboxylic acids is 4. The van der Waals surface area contributed by atoms with E-state index in [1.807, 2.05) is 32.0 Å². The van der Waals surface area contributed by atoms with Crippen LogP contribution in [0.25, 0.3) is 10.8 Å². The van der Waals surface area contributed by atoms with Crippen LogP contribution in [0.2, 0.25) is 0 Å². The summed E-state index contributed by atoms with van der Waals surface area (Å²) in [4.78, 5) is 60.7. The molecule has 2 aromatic rings. The summed E-state index contributed by atoms with van der Waals surface area (Å²) in [5.74, 6) is -2.69. The molecule has 1 heterocycles. The molecular weight excluding hydrogens is 624 g/mol. The summed E-state index contributed by atoms with van der Waals surface area (Å²) in [6.45, 7) is 6.69. The number of carboxylic acid groups (broad SMARTS) is 1. The second-order valence-corrected chi connectivity index (χ2v) is 12.1. The van der Waals surface area contributed by atoms with Crippen LogP contribution in [0, 0.1) is 0 Å². The number of carbonyl (C=O) groups is 5. The van der Waals surface area contributed by atoms with Crippen molar-refractivity contribution in [1.82, 2.24) is 21.3 Å². The molecule has 0 aromatic heterocycles. The first-order valence-corrected chi connectivity index (χ1v) is 16.4. The van der Waals surface area contributed by atoms with E-state index in [9.17, 15) is 34.2 Å². The van der Waals surface area contributed by atoms with E-state index in [2.05, 4.69) is 21.3 Å². The monoisotopic (exact) mass is 672 g/mol. The Balaban J connectivity index is 1.37. The number of amides is 1. The number of carboxylic acids is 1. The van der Waals surface area contributed by atoms with Gasteiger partial charge in [-0.15, -0.1) is 0 Å². The Hall–Kier alpha value is -4.11. The lowest BCUT2D eigenvalue weighted by Gasteiger charge is -2.19. The normalized spacial score (nSPS) is 16.2. The number of aliphatic carboxylic acids is 1. The van der Waals surface area contributed by atoms with Crippen molar-refractivity contribution < 1.29 is 48.4 Å². The fourth-order valence-corrected chi connectivity index (χ4v) is 5.09. The summed E-state index contributed by atoms with van der Waals surface area (Å²) in [6, 6.07) is 8.58. The highest BCUT2D eigenvalue weighted by molar-refractivity contribution is 6.02. The first kappa shape index (κ1) is 38.3. The molecule has 0 saturated carbocycles. The van der Waals surface area contributed by atoms with Crippen LogP contribution in [0.15, 0.2) is 36.4 Å². The standard InChI is InChI=1S/C34H48N4O10/c1-21(2)37-18-23(39)19-46-29-13-6-10-25-24(29)9-7-14-30(25)47-20-31(41)36-15-5-4-11-26(33(43)44)38-22(3)28(40)17-32(42)48-34(45)27-12-8-16-35-27/h6-7,9-10,13-14,21-23,26-27,35,37-39H,4-5,8,11-12,15-20H2,1-3H3,(H,36,41)(H,43,44)/t22-,23+,26-,27-/m0/s1. The molecule has 14 nitrogen and oxygen atoms in total. The van der Waals surface area contributed by atoms with Gasteiger partial charge in [-0.1, -0.05) is 38.1 Å². The molecule has 3 rings (SSSR count). The van der Waals surface area contributed by atoms with E-state index in [0.29, 0.717) is 50.4 Å². The Bertz CT molecular complexity index is 1400. The number of aliphatic hydroxyl groups is 1. The van der Waals surface area contributed by atoms with Gasteiger partial charge in [0.05, 0.1) is 6.04 Å².